The Hall–Kier alpha value is -3.14. The van der Waals surface area contributed by atoms with Crippen LogP contribution >= 0.6 is 11.3 Å². The van der Waals surface area contributed by atoms with Gasteiger partial charge in [0.15, 0.2) is 6.10 Å². The van der Waals surface area contributed by atoms with Gasteiger partial charge >= 0.3 is 5.97 Å². The zero-order chi connectivity index (χ0) is 18.0. The Morgan fingerprint density at radius 2 is 2.24 bits per heavy atom. The van der Waals surface area contributed by atoms with Crippen LogP contribution in [0.25, 0.3) is 10.7 Å². The van der Waals surface area contributed by atoms with Crippen molar-refractivity contribution in [1.82, 2.24) is 10.1 Å². The first kappa shape index (κ1) is 16.7. The number of nitro benzene ring substituents is 1. The Bertz CT molecular complexity index is 925. The van der Waals surface area contributed by atoms with E-state index in [2.05, 4.69) is 10.1 Å². The molecule has 0 saturated carbocycles. The Labute approximate surface area is 144 Å². The van der Waals surface area contributed by atoms with Gasteiger partial charge in [-0.1, -0.05) is 11.2 Å². The van der Waals surface area contributed by atoms with Crippen LogP contribution in [0.4, 0.5) is 10.1 Å². The summed E-state index contributed by atoms with van der Waals surface area (Å²) in [5, 5.41) is 16.6. The Kier molecular flexibility index (Phi) is 4.52. The molecule has 128 valence electrons. The largest absolute Gasteiger partial charge is 0.449 e. The molecule has 10 heteroatoms. The second-order valence-electron chi connectivity index (χ2n) is 4.90. The van der Waals surface area contributed by atoms with E-state index in [0.717, 1.165) is 23.1 Å². The highest BCUT2D eigenvalue weighted by Gasteiger charge is 2.26. The van der Waals surface area contributed by atoms with Crippen LogP contribution in [-0.4, -0.2) is 21.0 Å². The highest BCUT2D eigenvalue weighted by Crippen LogP contribution is 2.26. The third kappa shape index (κ3) is 3.53. The van der Waals surface area contributed by atoms with Crippen molar-refractivity contribution in [3.05, 3.63) is 63.1 Å². The molecule has 0 bridgehead atoms. The molecule has 1 atom stereocenters. The predicted molar refractivity (Wildman–Crippen MR) is 84.5 cm³/mol. The van der Waals surface area contributed by atoms with Crippen molar-refractivity contribution in [2.75, 3.05) is 0 Å². The molecular formula is C15H10FN3O5S. The van der Waals surface area contributed by atoms with Gasteiger partial charge in [0.2, 0.25) is 5.82 Å². The van der Waals surface area contributed by atoms with Crippen molar-refractivity contribution >= 4 is 23.0 Å². The van der Waals surface area contributed by atoms with Gasteiger partial charge in [-0.15, -0.1) is 11.3 Å². The minimum absolute atomic E-state index is 0.0239. The topological polar surface area (TPSA) is 108 Å². The number of hydrogen-bond donors (Lipinski definition) is 0. The molecule has 0 amide bonds. The van der Waals surface area contributed by atoms with E-state index in [1.165, 1.54) is 18.3 Å². The van der Waals surface area contributed by atoms with Gasteiger partial charge in [-0.2, -0.15) is 4.98 Å². The number of benzene rings is 1. The second kappa shape index (κ2) is 6.77. The van der Waals surface area contributed by atoms with E-state index in [1.807, 2.05) is 11.4 Å². The van der Waals surface area contributed by atoms with Crippen LogP contribution in [0.1, 0.15) is 29.3 Å². The molecule has 0 N–H and O–H groups in total. The van der Waals surface area contributed by atoms with E-state index < -0.39 is 34.1 Å². The summed E-state index contributed by atoms with van der Waals surface area (Å²) in [6.45, 7) is 1.47. The summed E-state index contributed by atoms with van der Waals surface area (Å²) in [6.07, 6.45) is -0.961. The summed E-state index contributed by atoms with van der Waals surface area (Å²) < 4.78 is 23.5. The van der Waals surface area contributed by atoms with Gasteiger partial charge in [0.1, 0.15) is 11.4 Å². The summed E-state index contributed by atoms with van der Waals surface area (Å²) in [5.74, 6) is -1.49. The van der Waals surface area contributed by atoms with Gasteiger partial charge in [-0.05, 0) is 30.5 Å². The van der Waals surface area contributed by atoms with E-state index in [-0.39, 0.29) is 5.89 Å². The normalized spacial score (nSPS) is 11.9. The molecule has 2 heterocycles. The zero-order valence-electron chi connectivity index (χ0n) is 12.7. The Morgan fingerprint density at radius 1 is 1.44 bits per heavy atom. The summed E-state index contributed by atoms with van der Waals surface area (Å²) in [6, 6.07) is 6.16. The van der Waals surface area contributed by atoms with Crippen LogP contribution < -0.4 is 0 Å². The molecule has 0 aliphatic rings. The number of hydrogen-bond acceptors (Lipinski definition) is 8. The first-order valence-electron chi connectivity index (χ1n) is 6.98. The number of rotatable bonds is 5. The number of nitro groups is 1. The summed E-state index contributed by atoms with van der Waals surface area (Å²) in [4.78, 5) is 27.2. The molecule has 8 nitrogen and oxygen atoms in total. The van der Waals surface area contributed by atoms with E-state index in [9.17, 15) is 19.3 Å². The number of thiophene rings is 1. The number of esters is 1. The second-order valence-corrected chi connectivity index (χ2v) is 5.85. The molecule has 0 aliphatic carbocycles. The van der Waals surface area contributed by atoms with Crippen molar-refractivity contribution in [1.29, 1.82) is 0 Å². The fraction of sp³-hybridized carbons (Fsp3) is 0.133. The van der Waals surface area contributed by atoms with Crippen LogP contribution in [0.5, 0.6) is 0 Å². The van der Waals surface area contributed by atoms with Crippen LogP contribution in [0.3, 0.4) is 0 Å². The average Bonchev–Trinajstić information content (AvgIpc) is 3.25. The van der Waals surface area contributed by atoms with Gasteiger partial charge in [0.25, 0.3) is 11.6 Å². The third-order valence-corrected chi connectivity index (χ3v) is 4.06. The summed E-state index contributed by atoms with van der Waals surface area (Å²) in [5.41, 5.74) is -1.04. The van der Waals surface area contributed by atoms with Gasteiger partial charge in [0.05, 0.1) is 9.80 Å². The molecule has 0 saturated heterocycles. The van der Waals surface area contributed by atoms with Crippen LogP contribution in [0.2, 0.25) is 0 Å². The third-order valence-electron chi connectivity index (χ3n) is 3.19. The summed E-state index contributed by atoms with van der Waals surface area (Å²) >= 11 is 1.41. The lowest BCUT2D eigenvalue weighted by atomic mass is 10.2. The van der Waals surface area contributed by atoms with Gasteiger partial charge < -0.3 is 9.26 Å². The maximum absolute atomic E-state index is 13.3. The number of carbonyl (C=O) groups excluding carboxylic acids is 1. The molecule has 2 aromatic heterocycles. The van der Waals surface area contributed by atoms with E-state index in [0.29, 0.717) is 5.82 Å². The minimum atomic E-state index is -1.06. The minimum Gasteiger partial charge on any atom is -0.449 e. The van der Waals surface area contributed by atoms with Gasteiger partial charge in [0, 0.05) is 6.07 Å². The molecule has 0 aliphatic heterocycles. The molecule has 1 aromatic carbocycles. The quantitative estimate of drug-likeness (QED) is 0.386. The lowest BCUT2D eigenvalue weighted by Crippen LogP contribution is -2.12. The molecule has 3 aromatic rings. The highest BCUT2D eigenvalue weighted by molar-refractivity contribution is 7.13. The molecule has 0 radical (unpaired) electrons. The fourth-order valence-electron chi connectivity index (χ4n) is 2.01. The molecule has 0 fully saturated rings. The van der Waals surface area contributed by atoms with E-state index in [4.69, 9.17) is 9.26 Å². The lowest BCUT2D eigenvalue weighted by Gasteiger charge is -2.09. The molecular weight excluding hydrogens is 353 g/mol. The maximum Gasteiger partial charge on any atom is 0.346 e. The highest BCUT2D eigenvalue weighted by atomic mass is 32.1. The Balaban J connectivity index is 1.79. The fourth-order valence-corrected chi connectivity index (χ4v) is 2.66. The first-order chi connectivity index (χ1) is 12.0. The zero-order valence-corrected chi connectivity index (χ0v) is 13.5. The number of aromatic nitrogens is 2. The predicted octanol–water partition coefficient (Wildman–Crippen LogP) is 3.76. The lowest BCUT2D eigenvalue weighted by molar-refractivity contribution is -0.385. The van der Waals surface area contributed by atoms with E-state index in [1.54, 1.807) is 6.07 Å². The number of carbonyl (C=O) groups is 1. The SMILES string of the molecule is CC(OC(=O)c1cc(F)ccc1[N+](=O)[O-])c1nc(-c2cccs2)no1. The number of halogens is 1. The number of ether oxygens (including phenoxy) is 1. The molecule has 0 spiro atoms. The van der Waals surface area contributed by atoms with Crippen LogP contribution in [0.15, 0.2) is 40.2 Å². The van der Waals surface area contributed by atoms with E-state index >= 15 is 0 Å². The van der Waals surface area contributed by atoms with Crippen molar-refractivity contribution < 1.29 is 23.4 Å². The van der Waals surface area contributed by atoms with Gasteiger partial charge in [-0.3, -0.25) is 10.1 Å². The molecule has 25 heavy (non-hydrogen) atoms. The van der Waals surface area contributed by atoms with Crippen molar-refractivity contribution in [2.45, 2.75) is 13.0 Å². The summed E-state index contributed by atoms with van der Waals surface area (Å²) in [7, 11) is 0. The first-order valence-corrected chi connectivity index (χ1v) is 7.86. The van der Waals surface area contributed by atoms with Gasteiger partial charge in [-0.25, -0.2) is 9.18 Å². The van der Waals surface area contributed by atoms with Crippen molar-refractivity contribution in [3.63, 3.8) is 0 Å². The molecule has 3 rings (SSSR count). The average molecular weight is 363 g/mol. The maximum atomic E-state index is 13.3. The Morgan fingerprint density at radius 3 is 2.92 bits per heavy atom. The monoisotopic (exact) mass is 363 g/mol. The van der Waals surface area contributed by atoms with Crippen molar-refractivity contribution in [3.8, 4) is 10.7 Å². The standard InChI is InChI=1S/C15H10FN3O5S/c1-8(14-17-13(18-24-14)12-3-2-6-25-12)23-15(20)10-7-9(16)4-5-11(10)19(21)22/h2-8H,1H3. The molecule has 1 unspecified atom stereocenters. The van der Waals surface area contributed by atoms with Crippen molar-refractivity contribution in [2.24, 2.45) is 0 Å². The smallest absolute Gasteiger partial charge is 0.346 e. The van der Waals surface area contributed by atoms with Crippen LogP contribution in [-0.2, 0) is 4.74 Å². The van der Waals surface area contributed by atoms with Crippen LogP contribution in [0, 0.1) is 15.9 Å². The number of nitrogens with zero attached hydrogens (tertiary/aromatic N) is 3.